The summed E-state index contributed by atoms with van der Waals surface area (Å²) in [5.74, 6) is 0.339. The van der Waals surface area contributed by atoms with Gasteiger partial charge in [-0.3, -0.25) is 9.78 Å². The molecule has 5 nitrogen and oxygen atoms in total. The molecule has 5 heteroatoms. The van der Waals surface area contributed by atoms with E-state index in [9.17, 15) is 9.90 Å². The quantitative estimate of drug-likeness (QED) is 0.820. The van der Waals surface area contributed by atoms with Crippen molar-refractivity contribution in [3.8, 4) is 5.75 Å². The Balaban J connectivity index is 2.20. The standard InChI is InChI=1S/C12H16N2O3/c1-12(16)4-6-14(8-12)11(15)9-3-5-13-7-10(9)17-2/h3,5,7,16H,4,6,8H2,1-2H3. The molecule has 0 spiro atoms. The highest BCUT2D eigenvalue weighted by Crippen LogP contribution is 2.24. The summed E-state index contributed by atoms with van der Waals surface area (Å²) >= 11 is 0. The average Bonchev–Trinajstić information content (AvgIpc) is 2.68. The first-order valence-electron chi connectivity index (χ1n) is 5.53. The van der Waals surface area contributed by atoms with Gasteiger partial charge in [-0.25, -0.2) is 0 Å². The molecule has 0 bridgehead atoms. The van der Waals surface area contributed by atoms with Crippen molar-refractivity contribution in [3.05, 3.63) is 24.0 Å². The number of nitrogens with zero attached hydrogens (tertiary/aromatic N) is 2. The molecule has 0 radical (unpaired) electrons. The minimum atomic E-state index is -0.782. The summed E-state index contributed by atoms with van der Waals surface area (Å²) < 4.78 is 5.11. The zero-order valence-corrected chi connectivity index (χ0v) is 10.0. The molecular weight excluding hydrogens is 220 g/mol. The molecule has 2 rings (SSSR count). The lowest BCUT2D eigenvalue weighted by atomic mass is 10.1. The summed E-state index contributed by atoms with van der Waals surface area (Å²) in [6.07, 6.45) is 3.68. The predicted octanol–water partition coefficient (Wildman–Crippen LogP) is 0.687. The highest BCUT2D eigenvalue weighted by Gasteiger charge is 2.35. The number of pyridine rings is 1. The van der Waals surface area contributed by atoms with E-state index in [-0.39, 0.29) is 5.91 Å². The lowest BCUT2D eigenvalue weighted by molar-refractivity contribution is 0.0570. The Kier molecular flexibility index (Phi) is 3.02. The maximum atomic E-state index is 12.2. The molecule has 0 aliphatic carbocycles. The molecule has 1 saturated heterocycles. The molecule has 17 heavy (non-hydrogen) atoms. The lowest BCUT2D eigenvalue weighted by Gasteiger charge is -2.19. The van der Waals surface area contributed by atoms with Gasteiger partial charge in [-0.2, -0.15) is 0 Å². The summed E-state index contributed by atoms with van der Waals surface area (Å²) in [7, 11) is 1.51. The number of hydrogen-bond donors (Lipinski definition) is 1. The third kappa shape index (κ3) is 2.39. The van der Waals surface area contributed by atoms with Crippen LogP contribution in [0, 0.1) is 0 Å². The minimum absolute atomic E-state index is 0.123. The smallest absolute Gasteiger partial charge is 0.257 e. The Labute approximate surface area is 100 Å². The van der Waals surface area contributed by atoms with E-state index >= 15 is 0 Å². The van der Waals surface area contributed by atoms with E-state index in [1.165, 1.54) is 13.3 Å². The molecule has 1 N–H and O–H groups in total. The first-order valence-corrected chi connectivity index (χ1v) is 5.53. The van der Waals surface area contributed by atoms with Gasteiger partial charge in [0.25, 0.3) is 5.91 Å². The van der Waals surface area contributed by atoms with Crippen LogP contribution in [0.2, 0.25) is 0 Å². The largest absolute Gasteiger partial charge is 0.494 e. The number of amides is 1. The number of ether oxygens (including phenoxy) is 1. The number of carbonyl (C=O) groups excluding carboxylic acids is 1. The Hall–Kier alpha value is -1.62. The number of aromatic nitrogens is 1. The number of carbonyl (C=O) groups is 1. The van der Waals surface area contributed by atoms with Crippen LogP contribution in [0.3, 0.4) is 0 Å². The summed E-state index contributed by atoms with van der Waals surface area (Å²) in [6, 6.07) is 1.63. The van der Waals surface area contributed by atoms with Gasteiger partial charge in [0.05, 0.1) is 24.5 Å². The zero-order valence-electron chi connectivity index (χ0n) is 10.0. The second kappa shape index (κ2) is 4.33. The van der Waals surface area contributed by atoms with Crippen LogP contribution in [0.25, 0.3) is 0 Å². The van der Waals surface area contributed by atoms with Gasteiger partial charge in [-0.15, -0.1) is 0 Å². The maximum Gasteiger partial charge on any atom is 0.257 e. The van der Waals surface area contributed by atoms with Crippen LogP contribution in [-0.2, 0) is 0 Å². The van der Waals surface area contributed by atoms with E-state index in [1.54, 1.807) is 24.1 Å². The Morgan fingerprint density at radius 3 is 3.00 bits per heavy atom. The van der Waals surface area contributed by atoms with E-state index in [4.69, 9.17) is 4.74 Å². The normalized spacial score (nSPS) is 23.8. The molecule has 1 amide bonds. The van der Waals surface area contributed by atoms with E-state index in [0.29, 0.717) is 30.8 Å². The Bertz CT molecular complexity index is 432. The molecule has 1 atom stereocenters. The van der Waals surface area contributed by atoms with Gasteiger partial charge in [0.15, 0.2) is 0 Å². The van der Waals surface area contributed by atoms with E-state index in [1.807, 2.05) is 0 Å². The number of aliphatic hydroxyl groups is 1. The monoisotopic (exact) mass is 236 g/mol. The second-order valence-electron chi connectivity index (χ2n) is 4.55. The molecule has 0 saturated carbocycles. The molecule has 0 aromatic carbocycles. The van der Waals surface area contributed by atoms with Crippen LogP contribution >= 0.6 is 0 Å². The van der Waals surface area contributed by atoms with Gasteiger partial charge < -0.3 is 14.7 Å². The Morgan fingerprint density at radius 1 is 1.65 bits per heavy atom. The van der Waals surface area contributed by atoms with Crippen LogP contribution in [0.4, 0.5) is 0 Å². The van der Waals surface area contributed by atoms with Gasteiger partial charge in [0.2, 0.25) is 0 Å². The van der Waals surface area contributed by atoms with Crippen molar-refractivity contribution in [2.45, 2.75) is 18.9 Å². The SMILES string of the molecule is COc1cnccc1C(=O)N1CCC(C)(O)C1. The number of hydrogen-bond acceptors (Lipinski definition) is 4. The molecule has 1 aliphatic rings. The third-order valence-corrected chi connectivity index (χ3v) is 2.97. The number of β-amino-alcohol motifs (C(OH)–C–C–N with tert-alkyl or cyclic N) is 1. The number of rotatable bonds is 2. The van der Waals surface area contributed by atoms with Gasteiger partial charge in [-0.05, 0) is 19.4 Å². The molecule has 92 valence electrons. The van der Waals surface area contributed by atoms with Crippen LogP contribution < -0.4 is 4.74 Å². The van der Waals surface area contributed by atoms with Crippen molar-refractivity contribution in [1.29, 1.82) is 0 Å². The van der Waals surface area contributed by atoms with Gasteiger partial charge in [0.1, 0.15) is 5.75 Å². The highest BCUT2D eigenvalue weighted by atomic mass is 16.5. The fraction of sp³-hybridized carbons (Fsp3) is 0.500. The highest BCUT2D eigenvalue weighted by molar-refractivity contribution is 5.97. The van der Waals surface area contributed by atoms with Gasteiger partial charge in [-0.1, -0.05) is 0 Å². The first-order chi connectivity index (χ1) is 8.03. The maximum absolute atomic E-state index is 12.2. The number of likely N-dealkylation sites (tertiary alicyclic amines) is 1. The molecule has 1 aromatic rings. The summed E-state index contributed by atoms with van der Waals surface area (Å²) in [6.45, 7) is 2.67. The van der Waals surface area contributed by atoms with Crippen molar-refractivity contribution in [3.63, 3.8) is 0 Å². The number of methoxy groups -OCH3 is 1. The molecule has 1 aliphatic heterocycles. The fourth-order valence-corrected chi connectivity index (χ4v) is 2.01. The molecule has 1 unspecified atom stereocenters. The fourth-order valence-electron chi connectivity index (χ4n) is 2.01. The van der Waals surface area contributed by atoms with Crippen molar-refractivity contribution >= 4 is 5.91 Å². The third-order valence-electron chi connectivity index (χ3n) is 2.97. The predicted molar refractivity (Wildman–Crippen MR) is 61.9 cm³/mol. The zero-order chi connectivity index (χ0) is 12.5. The van der Waals surface area contributed by atoms with Crippen molar-refractivity contribution in [2.75, 3.05) is 20.2 Å². The molecule has 2 heterocycles. The van der Waals surface area contributed by atoms with Crippen LogP contribution in [0.5, 0.6) is 5.75 Å². The molecule has 1 fully saturated rings. The lowest BCUT2D eigenvalue weighted by Crippen LogP contribution is -2.34. The van der Waals surface area contributed by atoms with E-state index in [0.717, 1.165) is 0 Å². The first kappa shape index (κ1) is 11.9. The van der Waals surface area contributed by atoms with Crippen molar-refractivity contribution in [2.24, 2.45) is 0 Å². The van der Waals surface area contributed by atoms with Crippen LogP contribution in [0.15, 0.2) is 18.5 Å². The molecular formula is C12H16N2O3. The Morgan fingerprint density at radius 2 is 2.41 bits per heavy atom. The van der Waals surface area contributed by atoms with Crippen molar-refractivity contribution in [1.82, 2.24) is 9.88 Å². The van der Waals surface area contributed by atoms with Crippen molar-refractivity contribution < 1.29 is 14.6 Å². The molecule has 1 aromatic heterocycles. The second-order valence-corrected chi connectivity index (χ2v) is 4.55. The topological polar surface area (TPSA) is 62.7 Å². The summed E-state index contributed by atoms with van der Waals surface area (Å²) in [4.78, 5) is 17.8. The van der Waals surface area contributed by atoms with Gasteiger partial charge >= 0.3 is 0 Å². The average molecular weight is 236 g/mol. The van der Waals surface area contributed by atoms with Crippen LogP contribution in [0.1, 0.15) is 23.7 Å². The van der Waals surface area contributed by atoms with E-state index in [2.05, 4.69) is 4.98 Å². The summed E-state index contributed by atoms with van der Waals surface area (Å²) in [5.41, 5.74) is -0.296. The van der Waals surface area contributed by atoms with E-state index < -0.39 is 5.60 Å². The van der Waals surface area contributed by atoms with Crippen LogP contribution in [-0.4, -0.2) is 46.7 Å². The summed E-state index contributed by atoms with van der Waals surface area (Å²) in [5, 5.41) is 9.85. The minimum Gasteiger partial charge on any atom is -0.494 e. The van der Waals surface area contributed by atoms with Gasteiger partial charge in [0, 0.05) is 19.3 Å².